The Morgan fingerprint density at radius 2 is 1.63 bits per heavy atom. The summed E-state index contributed by atoms with van der Waals surface area (Å²) in [6, 6.07) is 9.36. The third kappa shape index (κ3) is 4.77. The van der Waals surface area contributed by atoms with E-state index in [1.165, 1.54) is 22.8 Å². The van der Waals surface area contributed by atoms with Crippen molar-refractivity contribution in [1.82, 2.24) is 9.47 Å². The summed E-state index contributed by atoms with van der Waals surface area (Å²) in [6.45, 7) is 8.25. The maximum Gasteiger partial charge on any atom is 0.275 e. The predicted molar refractivity (Wildman–Crippen MR) is 105 cm³/mol. The smallest absolute Gasteiger partial charge is 0.275 e. The standard InChI is InChI=1S/C19H25N3O4S/c1-5-21(6-2)18(23)13-22-15(4)9-12-17(19(22)24)20-27(25,26)16-10-7-14(3)8-11-16/h7-12,20H,5-6,13H2,1-4H3. The number of hydrogen-bond acceptors (Lipinski definition) is 4. The van der Waals surface area contributed by atoms with E-state index < -0.39 is 15.6 Å². The fraction of sp³-hybridized carbons (Fsp3) is 0.368. The molecule has 2 aromatic rings. The fourth-order valence-corrected chi connectivity index (χ4v) is 3.73. The van der Waals surface area contributed by atoms with E-state index >= 15 is 0 Å². The van der Waals surface area contributed by atoms with Crippen molar-refractivity contribution in [3.05, 3.63) is 58.0 Å². The molecule has 2 rings (SSSR count). The van der Waals surface area contributed by atoms with Gasteiger partial charge in [0.05, 0.1) is 4.90 Å². The third-order valence-electron chi connectivity index (χ3n) is 4.38. The van der Waals surface area contributed by atoms with E-state index in [4.69, 9.17) is 0 Å². The van der Waals surface area contributed by atoms with E-state index in [0.29, 0.717) is 18.8 Å². The van der Waals surface area contributed by atoms with Crippen molar-refractivity contribution in [2.45, 2.75) is 39.1 Å². The molecule has 1 aromatic carbocycles. The van der Waals surface area contributed by atoms with Crippen molar-refractivity contribution in [3.8, 4) is 0 Å². The van der Waals surface area contributed by atoms with E-state index in [9.17, 15) is 18.0 Å². The highest BCUT2D eigenvalue weighted by molar-refractivity contribution is 7.92. The minimum Gasteiger partial charge on any atom is -0.342 e. The molecular weight excluding hydrogens is 366 g/mol. The van der Waals surface area contributed by atoms with Gasteiger partial charge in [0.25, 0.3) is 15.6 Å². The van der Waals surface area contributed by atoms with Gasteiger partial charge in [-0.25, -0.2) is 8.42 Å². The molecule has 7 nitrogen and oxygen atoms in total. The third-order valence-corrected chi connectivity index (χ3v) is 5.76. The van der Waals surface area contributed by atoms with Gasteiger partial charge in [0.15, 0.2) is 0 Å². The summed E-state index contributed by atoms with van der Waals surface area (Å²) in [5.41, 5.74) is 0.875. The average molecular weight is 391 g/mol. The molecule has 8 heteroatoms. The Labute approximate surface area is 159 Å². The molecule has 0 unspecified atom stereocenters. The lowest BCUT2D eigenvalue weighted by Gasteiger charge is -2.20. The van der Waals surface area contributed by atoms with Crippen LogP contribution in [0.5, 0.6) is 0 Å². The van der Waals surface area contributed by atoms with E-state index in [2.05, 4.69) is 4.72 Å². The van der Waals surface area contributed by atoms with E-state index in [-0.39, 0.29) is 23.0 Å². The lowest BCUT2D eigenvalue weighted by atomic mass is 10.2. The van der Waals surface area contributed by atoms with Crippen LogP contribution in [0, 0.1) is 13.8 Å². The Hall–Kier alpha value is -2.61. The first kappa shape index (κ1) is 20.7. The zero-order valence-corrected chi connectivity index (χ0v) is 16.8. The second-order valence-corrected chi connectivity index (χ2v) is 7.95. The number of anilines is 1. The zero-order valence-electron chi connectivity index (χ0n) is 16.0. The Balaban J connectivity index is 2.35. The van der Waals surface area contributed by atoms with Gasteiger partial charge < -0.3 is 9.47 Å². The maximum absolute atomic E-state index is 12.8. The molecule has 0 saturated carbocycles. The predicted octanol–water partition coefficient (Wildman–Crippen LogP) is 2.13. The van der Waals surface area contributed by atoms with Gasteiger partial charge in [0.2, 0.25) is 5.91 Å². The second kappa shape index (κ2) is 8.39. The van der Waals surface area contributed by atoms with Gasteiger partial charge in [-0.15, -0.1) is 0 Å². The summed E-state index contributed by atoms with van der Waals surface area (Å²) < 4.78 is 28.7. The normalized spacial score (nSPS) is 11.3. The quantitative estimate of drug-likeness (QED) is 0.783. The van der Waals surface area contributed by atoms with Crippen molar-refractivity contribution in [1.29, 1.82) is 0 Å². The second-order valence-electron chi connectivity index (χ2n) is 6.26. The van der Waals surface area contributed by atoms with Gasteiger partial charge in [0, 0.05) is 18.8 Å². The Kier molecular flexibility index (Phi) is 6.43. The zero-order chi connectivity index (χ0) is 20.2. The van der Waals surface area contributed by atoms with E-state index in [1.54, 1.807) is 30.0 Å². The number of carbonyl (C=O) groups excluding carboxylic acids is 1. The SMILES string of the molecule is CCN(CC)C(=O)Cn1c(C)ccc(NS(=O)(=O)c2ccc(C)cc2)c1=O. The molecule has 1 N–H and O–H groups in total. The summed E-state index contributed by atoms with van der Waals surface area (Å²) in [5, 5.41) is 0. The van der Waals surface area contributed by atoms with Crippen molar-refractivity contribution >= 4 is 21.6 Å². The van der Waals surface area contributed by atoms with Crippen LogP contribution in [0.1, 0.15) is 25.1 Å². The van der Waals surface area contributed by atoms with Gasteiger partial charge in [-0.05, 0) is 52.0 Å². The molecule has 0 spiro atoms. The number of rotatable bonds is 7. The van der Waals surface area contributed by atoms with Crippen LogP contribution in [-0.4, -0.2) is 36.9 Å². The van der Waals surface area contributed by atoms with Gasteiger partial charge in [-0.2, -0.15) is 0 Å². The monoisotopic (exact) mass is 391 g/mol. The van der Waals surface area contributed by atoms with Crippen LogP contribution < -0.4 is 10.3 Å². The molecule has 0 saturated heterocycles. The maximum atomic E-state index is 12.8. The molecule has 146 valence electrons. The van der Waals surface area contributed by atoms with Crippen molar-refractivity contribution < 1.29 is 13.2 Å². The van der Waals surface area contributed by atoms with E-state index in [1.807, 2.05) is 20.8 Å². The lowest BCUT2D eigenvalue weighted by Crippen LogP contribution is -2.37. The molecule has 0 aliphatic heterocycles. The van der Waals surface area contributed by atoms with E-state index in [0.717, 1.165) is 5.56 Å². The highest BCUT2D eigenvalue weighted by Gasteiger charge is 2.19. The number of carbonyl (C=O) groups is 1. The Bertz CT molecular complexity index is 975. The number of hydrogen-bond donors (Lipinski definition) is 1. The average Bonchev–Trinajstić information content (AvgIpc) is 2.62. The summed E-state index contributed by atoms with van der Waals surface area (Å²) in [5.74, 6) is -0.191. The molecule has 0 bridgehead atoms. The molecule has 0 radical (unpaired) electrons. The highest BCUT2D eigenvalue weighted by atomic mass is 32.2. The largest absolute Gasteiger partial charge is 0.342 e. The van der Waals surface area contributed by atoms with Crippen LogP contribution >= 0.6 is 0 Å². The molecule has 0 aliphatic carbocycles. The molecular formula is C19H25N3O4S. The molecule has 1 amide bonds. The first-order chi connectivity index (χ1) is 12.7. The van der Waals surface area contributed by atoms with Gasteiger partial charge in [-0.1, -0.05) is 17.7 Å². The van der Waals surface area contributed by atoms with Crippen molar-refractivity contribution in [2.24, 2.45) is 0 Å². The molecule has 0 aliphatic rings. The topological polar surface area (TPSA) is 88.5 Å². The molecule has 1 aromatic heterocycles. The Morgan fingerprint density at radius 3 is 2.19 bits per heavy atom. The minimum absolute atomic E-state index is 0.0684. The summed E-state index contributed by atoms with van der Waals surface area (Å²) >= 11 is 0. The van der Waals surface area contributed by atoms with Crippen molar-refractivity contribution in [3.63, 3.8) is 0 Å². The minimum atomic E-state index is -3.90. The summed E-state index contributed by atoms with van der Waals surface area (Å²) in [4.78, 5) is 26.8. The lowest BCUT2D eigenvalue weighted by molar-refractivity contribution is -0.131. The van der Waals surface area contributed by atoms with Gasteiger partial charge in [0.1, 0.15) is 12.2 Å². The Morgan fingerprint density at radius 1 is 1.04 bits per heavy atom. The first-order valence-electron chi connectivity index (χ1n) is 8.77. The number of aromatic nitrogens is 1. The van der Waals surface area contributed by atoms with Crippen LogP contribution in [0.4, 0.5) is 5.69 Å². The highest BCUT2D eigenvalue weighted by Crippen LogP contribution is 2.15. The van der Waals surface area contributed by atoms with Crippen LogP contribution in [-0.2, 0) is 21.4 Å². The molecule has 1 heterocycles. The molecule has 27 heavy (non-hydrogen) atoms. The number of aryl methyl sites for hydroxylation is 2. The summed E-state index contributed by atoms with van der Waals surface area (Å²) in [7, 11) is -3.90. The van der Waals surface area contributed by atoms with Crippen LogP contribution in [0.15, 0.2) is 46.1 Å². The van der Waals surface area contributed by atoms with Crippen LogP contribution in [0.2, 0.25) is 0 Å². The van der Waals surface area contributed by atoms with Gasteiger partial charge >= 0.3 is 0 Å². The number of amides is 1. The number of nitrogens with one attached hydrogen (secondary N) is 1. The number of likely N-dealkylation sites (N-methyl/N-ethyl adjacent to an activating group) is 1. The number of nitrogens with zero attached hydrogens (tertiary/aromatic N) is 2. The summed E-state index contributed by atoms with van der Waals surface area (Å²) in [6.07, 6.45) is 0. The number of sulfonamides is 1. The van der Waals surface area contributed by atoms with Crippen LogP contribution in [0.3, 0.4) is 0 Å². The molecule has 0 fully saturated rings. The molecule has 0 atom stereocenters. The number of pyridine rings is 1. The fourth-order valence-electron chi connectivity index (χ4n) is 2.68. The van der Waals surface area contributed by atoms with Crippen molar-refractivity contribution in [2.75, 3.05) is 17.8 Å². The first-order valence-corrected chi connectivity index (χ1v) is 10.3. The van der Waals surface area contributed by atoms with Gasteiger partial charge in [-0.3, -0.25) is 14.3 Å². The number of benzene rings is 1. The van der Waals surface area contributed by atoms with Crippen LogP contribution in [0.25, 0.3) is 0 Å².